The summed E-state index contributed by atoms with van der Waals surface area (Å²) < 4.78 is 16.4. The summed E-state index contributed by atoms with van der Waals surface area (Å²) in [6.07, 6.45) is 1.32. The summed E-state index contributed by atoms with van der Waals surface area (Å²) in [5.74, 6) is -0.564. The number of carbonyl (C=O) groups is 3. The van der Waals surface area contributed by atoms with Gasteiger partial charge in [-0.2, -0.15) is 0 Å². The van der Waals surface area contributed by atoms with E-state index in [0.717, 1.165) is 10.5 Å². The first-order valence-corrected chi connectivity index (χ1v) is 11.8. The molecule has 0 atom stereocenters. The monoisotopic (exact) mass is 560 g/mol. The number of nitrogens with one attached hydrogen (secondary N) is 1. The molecule has 190 valence electrons. The third kappa shape index (κ3) is 5.67. The van der Waals surface area contributed by atoms with E-state index < -0.39 is 17.8 Å². The van der Waals surface area contributed by atoms with Gasteiger partial charge in [-0.15, -0.1) is 0 Å². The number of rotatable bonds is 7. The van der Waals surface area contributed by atoms with Crippen LogP contribution >= 0.6 is 34.8 Å². The zero-order valence-corrected chi connectivity index (χ0v) is 21.8. The molecule has 11 heteroatoms. The number of carbonyl (C=O) groups excluding carboxylic acids is 3. The molecule has 1 fully saturated rings. The third-order valence-corrected chi connectivity index (χ3v) is 6.38. The number of anilines is 1. The topological polar surface area (TPSA) is 94.2 Å². The summed E-state index contributed by atoms with van der Waals surface area (Å²) in [4.78, 5) is 39.0. The lowest BCUT2D eigenvalue weighted by Gasteiger charge is -2.26. The number of hydrogen-bond donors (Lipinski definition) is 1. The Morgan fingerprint density at radius 3 is 2.24 bits per heavy atom. The number of imide groups is 2. The summed E-state index contributed by atoms with van der Waals surface area (Å²) in [5, 5.41) is 3.17. The van der Waals surface area contributed by atoms with Gasteiger partial charge >= 0.3 is 6.03 Å². The quantitative estimate of drug-likeness (QED) is 0.285. The molecule has 1 aliphatic heterocycles. The molecule has 1 heterocycles. The van der Waals surface area contributed by atoms with Crippen molar-refractivity contribution in [2.45, 2.75) is 6.61 Å². The predicted octanol–water partition coefficient (Wildman–Crippen LogP) is 5.91. The van der Waals surface area contributed by atoms with Crippen LogP contribution in [0.1, 0.15) is 11.1 Å². The number of barbiturate groups is 1. The Bertz CT molecular complexity index is 1420. The summed E-state index contributed by atoms with van der Waals surface area (Å²) in [6.45, 7) is 0.132. The van der Waals surface area contributed by atoms with Crippen molar-refractivity contribution >= 4 is 64.4 Å². The normalized spacial score (nSPS) is 14.6. The van der Waals surface area contributed by atoms with Gasteiger partial charge in [0.05, 0.1) is 35.0 Å². The second-order valence-electron chi connectivity index (χ2n) is 7.73. The van der Waals surface area contributed by atoms with Crippen LogP contribution in [0.3, 0.4) is 0 Å². The zero-order chi connectivity index (χ0) is 26.7. The SMILES string of the molecule is COc1ccc(N2C(=O)NC(=O)/C(=C\c3cc(Cl)c(OCc4ccc(Cl)c(Cl)c4)c(OC)c3)C2=O)cc1. The first-order chi connectivity index (χ1) is 17.7. The van der Waals surface area contributed by atoms with Gasteiger partial charge in [-0.3, -0.25) is 14.9 Å². The van der Waals surface area contributed by atoms with Gasteiger partial charge in [-0.1, -0.05) is 40.9 Å². The molecule has 37 heavy (non-hydrogen) atoms. The Morgan fingerprint density at radius 1 is 0.865 bits per heavy atom. The molecule has 1 aliphatic rings. The first-order valence-electron chi connectivity index (χ1n) is 10.7. The molecular weight excluding hydrogens is 543 g/mol. The minimum Gasteiger partial charge on any atom is -0.497 e. The van der Waals surface area contributed by atoms with Gasteiger partial charge < -0.3 is 14.2 Å². The third-order valence-electron chi connectivity index (χ3n) is 5.36. The van der Waals surface area contributed by atoms with Crippen molar-refractivity contribution in [3.05, 3.63) is 86.4 Å². The van der Waals surface area contributed by atoms with E-state index in [2.05, 4.69) is 5.32 Å². The highest BCUT2D eigenvalue weighted by Crippen LogP contribution is 2.38. The van der Waals surface area contributed by atoms with E-state index in [-0.39, 0.29) is 34.4 Å². The second kappa shape index (κ2) is 11.1. The highest BCUT2D eigenvalue weighted by Gasteiger charge is 2.37. The fourth-order valence-electron chi connectivity index (χ4n) is 3.54. The van der Waals surface area contributed by atoms with E-state index >= 15 is 0 Å². The highest BCUT2D eigenvalue weighted by atomic mass is 35.5. The minimum absolute atomic E-state index is 0.132. The van der Waals surface area contributed by atoms with Crippen LogP contribution < -0.4 is 24.4 Å². The van der Waals surface area contributed by atoms with E-state index in [1.165, 1.54) is 38.5 Å². The molecule has 1 N–H and O–H groups in total. The summed E-state index contributed by atoms with van der Waals surface area (Å²) in [5.41, 5.74) is 1.14. The lowest BCUT2D eigenvalue weighted by molar-refractivity contribution is -0.122. The molecule has 0 bridgehead atoms. The zero-order valence-electron chi connectivity index (χ0n) is 19.5. The number of nitrogens with zero attached hydrogens (tertiary/aromatic N) is 1. The number of benzene rings is 3. The summed E-state index contributed by atoms with van der Waals surface area (Å²) >= 11 is 18.5. The van der Waals surface area contributed by atoms with Crippen molar-refractivity contribution in [2.75, 3.05) is 19.1 Å². The molecule has 3 aromatic rings. The van der Waals surface area contributed by atoms with Crippen LogP contribution in [-0.2, 0) is 16.2 Å². The Hall–Kier alpha value is -3.72. The van der Waals surface area contributed by atoms with Crippen LogP contribution in [0.5, 0.6) is 17.2 Å². The van der Waals surface area contributed by atoms with Crippen LogP contribution in [0.15, 0.2) is 60.2 Å². The maximum absolute atomic E-state index is 13.2. The molecule has 4 amide bonds. The molecule has 0 aliphatic carbocycles. The van der Waals surface area contributed by atoms with Crippen molar-refractivity contribution in [3.8, 4) is 17.2 Å². The Kier molecular flexibility index (Phi) is 7.92. The van der Waals surface area contributed by atoms with E-state index in [4.69, 9.17) is 49.0 Å². The van der Waals surface area contributed by atoms with E-state index in [1.807, 2.05) is 0 Å². The maximum Gasteiger partial charge on any atom is 0.335 e. The number of hydrogen-bond acceptors (Lipinski definition) is 6. The van der Waals surface area contributed by atoms with Gasteiger partial charge in [0.25, 0.3) is 11.8 Å². The molecule has 0 aromatic heterocycles. The molecule has 3 aromatic carbocycles. The Balaban J connectivity index is 1.62. The van der Waals surface area contributed by atoms with E-state index in [9.17, 15) is 14.4 Å². The predicted molar refractivity (Wildman–Crippen MR) is 141 cm³/mol. The Labute approximate surface area is 227 Å². The second-order valence-corrected chi connectivity index (χ2v) is 8.95. The van der Waals surface area contributed by atoms with Crippen LogP contribution in [0.25, 0.3) is 6.08 Å². The van der Waals surface area contributed by atoms with Crippen molar-refractivity contribution in [1.29, 1.82) is 0 Å². The highest BCUT2D eigenvalue weighted by molar-refractivity contribution is 6.42. The first kappa shape index (κ1) is 26.3. The number of urea groups is 1. The number of amides is 4. The molecule has 0 radical (unpaired) electrons. The van der Waals surface area contributed by atoms with Crippen LogP contribution in [-0.4, -0.2) is 32.1 Å². The van der Waals surface area contributed by atoms with Crippen molar-refractivity contribution < 1.29 is 28.6 Å². The van der Waals surface area contributed by atoms with E-state index in [1.54, 1.807) is 36.4 Å². The smallest absolute Gasteiger partial charge is 0.335 e. The van der Waals surface area contributed by atoms with Gasteiger partial charge in [-0.05, 0) is 65.7 Å². The number of methoxy groups -OCH3 is 2. The van der Waals surface area contributed by atoms with Crippen molar-refractivity contribution in [2.24, 2.45) is 0 Å². The average Bonchev–Trinajstić information content (AvgIpc) is 2.88. The molecule has 1 saturated heterocycles. The van der Waals surface area contributed by atoms with Gasteiger partial charge in [-0.25, -0.2) is 9.69 Å². The van der Waals surface area contributed by atoms with Gasteiger partial charge in [0.2, 0.25) is 0 Å². The van der Waals surface area contributed by atoms with Crippen LogP contribution in [0.2, 0.25) is 15.1 Å². The van der Waals surface area contributed by atoms with E-state index in [0.29, 0.717) is 21.4 Å². The van der Waals surface area contributed by atoms with Crippen molar-refractivity contribution in [3.63, 3.8) is 0 Å². The molecular formula is C26H19Cl3N2O6. The Morgan fingerprint density at radius 2 is 1.59 bits per heavy atom. The van der Waals surface area contributed by atoms with Gasteiger partial charge in [0.1, 0.15) is 17.9 Å². The number of ether oxygens (including phenoxy) is 3. The standard InChI is InChI=1S/C26H19Cl3N2O6/c1-35-17-6-4-16(5-7-17)31-25(33)18(24(32)30-26(31)34)9-15-11-21(29)23(22(12-15)36-2)37-13-14-3-8-19(27)20(28)10-14/h3-12H,13H2,1-2H3,(H,30,32,34)/b18-9+. The molecule has 0 spiro atoms. The largest absolute Gasteiger partial charge is 0.497 e. The summed E-state index contributed by atoms with van der Waals surface area (Å²) in [6, 6.07) is 13.5. The van der Waals surface area contributed by atoms with Gasteiger partial charge in [0.15, 0.2) is 11.5 Å². The summed E-state index contributed by atoms with van der Waals surface area (Å²) in [7, 11) is 2.92. The lowest BCUT2D eigenvalue weighted by Crippen LogP contribution is -2.54. The van der Waals surface area contributed by atoms with Gasteiger partial charge in [0, 0.05) is 0 Å². The van der Waals surface area contributed by atoms with Crippen LogP contribution in [0.4, 0.5) is 10.5 Å². The fourth-order valence-corrected chi connectivity index (χ4v) is 4.13. The molecule has 4 rings (SSSR count). The van der Waals surface area contributed by atoms with Crippen LogP contribution in [0, 0.1) is 0 Å². The average molecular weight is 562 g/mol. The maximum atomic E-state index is 13.2. The van der Waals surface area contributed by atoms with Crippen molar-refractivity contribution in [1.82, 2.24) is 5.32 Å². The number of halogens is 3. The molecule has 0 saturated carbocycles. The lowest BCUT2D eigenvalue weighted by atomic mass is 10.1. The molecule has 0 unspecified atom stereocenters. The fraction of sp³-hybridized carbons (Fsp3) is 0.115. The minimum atomic E-state index is -0.862. The molecule has 8 nitrogen and oxygen atoms in total.